The molecule has 0 heterocycles. The summed E-state index contributed by atoms with van der Waals surface area (Å²) in [6, 6.07) is 6.87. The average Bonchev–Trinajstić information content (AvgIpc) is 2.83. The Balaban J connectivity index is 2.43. The molecule has 0 bridgehead atoms. The molecule has 37 heavy (non-hydrogen) atoms. The number of amides is 3. The molecule has 1 aliphatic rings. The maximum absolute atomic E-state index is 14.0. The lowest BCUT2D eigenvalue weighted by Crippen LogP contribution is -2.57. The summed E-state index contributed by atoms with van der Waals surface area (Å²) in [5, 5.41) is 15.8. The molecule has 2 rings (SSSR count). The van der Waals surface area contributed by atoms with E-state index < -0.39 is 36.3 Å². The van der Waals surface area contributed by atoms with Gasteiger partial charge in [-0.05, 0) is 64.9 Å². The van der Waals surface area contributed by atoms with Crippen molar-refractivity contribution >= 4 is 17.9 Å². The summed E-state index contributed by atoms with van der Waals surface area (Å²) in [6.45, 7) is 10.7. The molecule has 3 atom stereocenters. The number of aliphatic hydroxyl groups excluding tert-OH is 1. The largest absolute Gasteiger partial charge is 0.444 e. The van der Waals surface area contributed by atoms with Crippen molar-refractivity contribution in [2.75, 3.05) is 6.61 Å². The van der Waals surface area contributed by atoms with Crippen LogP contribution in [0.4, 0.5) is 4.79 Å². The minimum absolute atomic E-state index is 0.0731. The van der Waals surface area contributed by atoms with Gasteiger partial charge in [0.05, 0.1) is 6.61 Å². The number of benzene rings is 1. The highest BCUT2D eigenvalue weighted by Gasteiger charge is 2.39. The Morgan fingerprint density at radius 2 is 1.65 bits per heavy atom. The van der Waals surface area contributed by atoms with Gasteiger partial charge in [-0.2, -0.15) is 0 Å². The summed E-state index contributed by atoms with van der Waals surface area (Å²) in [7, 11) is 0. The molecule has 1 fully saturated rings. The van der Waals surface area contributed by atoms with Gasteiger partial charge in [-0.3, -0.25) is 9.59 Å². The molecular weight excluding hydrogens is 470 g/mol. The molecule has 0 aliphatic heterocycles. The molecule has 1 saturated carbocycles. The normalized spacial score (nSPS) is 17.0. The lowest BCUT2D eigenvalue weighted by molar-refractivity contribution is -0.146. The Bertz CT molecular complexity index is 862. The van der Waals surface area contributed by atoms with Gasteiger partial charge < -0.3 is 25.4 Å². The van der Waals surface area contributed by atoms with Gasteiger partial charge in [0.1, 0.15) is 17.7 Å². The average molecular weight is 518 g/mol. The van der Waals surface area contributed by atoms with Crippen LogP contribution in [0.3, 0.4) is 0 Å². The summed E-state index contributed by atoms with van der Waals surface area (Å²) in [5.74, 6) is -0.340. The number of carbonyl (C=O) groups excluding carboxylic acids is 3. The van der Waals surface area contributed by atoms with Gasteiger partial charge in [0.15, 0.2) is 0 Å². The van der Waals surface area contributed by atoms with E-state index in [1.807, 2.05) is 37.3 Å². The number of alkyl carbamates (subject to hydrolysis) is 1. The van der Waals surface area contributed by atoms with E-state index >= 15 is 0 Å². The highest BCUT2D eigenvalue weighted by molar-refractivity contribution is 5.92. The zero-order valence-electron chi connectivity index (χ0n) is 23.5. The number of nitrogens with one attached hydrogen (secondary N) is 2. The molecule has 0 spiro atoms. The predicted octanol–water partition coefficient (Wildman–Crippen LogP) is 4.72. The Morgan fingerprint density at radius 1 is 1.03 bits per heavy atom. The second-order valence-corrected chi connectivity index (χ2v) is 11.6. The van der Waals surface area contributed by atoms with Crippen molar-refractivity contribution in [2.45, 2.75) is 116 Å². The van der Waals surface area contributed by atoms with E-state index in [-0.39, 0.29) is 18.0 Å². The van der Waals surface area contributed by atoms with Gasteiger partial charge in [-0.25, -0.2) is 4.79 Å². The number of rotatable bonds is 11. The number of hydrogen-bond donors (Lipinski definition) is 3. The first kappa shape index (κ1) is 30.6. The van der Waals surface area contributed by atoms with E-state index in [4.69, 9.17) is 4.74 Å². The third-order valence-corrected chi connectivity index (χ3v) is 6.66. The number of nitrogens with zero attached hydrogens (tertiary/aromatic N) is 1. The maximum atomic E-state index is 14.0. The van der Waals surface area contributed by atoms with Crippen molar-refractivity contribution in [1.29, 1.82) is 0 Å². The van der Waals surface area contributed by atoms with E-state index in [0.717, 1.165) is 32.1 Å². The summed E-state index contributed by atoms with van der Waals surface area (Å²) in [4.78, 5) is 41.9. The van der Waals surface area contributed by atoms with Crippen molar-refractivity contribution in [2.24, 2.45) is 5.92 Å². The standard InChI is InChI=1S/C29H47N3O5/c1-20(2)17-18-21(3)32(27(35)24(19-33)31-28(36)37-29(4,5)6)25(22-13-9-7-10-14-22)26(34)30-23-15-11-8-12-16-23/h7,9-10,13-14,20-21,23-25,33H,8,11-12,15-19H2,1-6H3,(H,30,34)(H,31,36). The van der Waals surface area contributed by atoms with E-state index in [9.17, 15) is 19.5 Å². The molecule has 1 aromatic rings. The van der Waals surface area contributed by atoms with Crippen LogP contribution in [-0.4, -0.2) is 58.2 Å². The second kappa shape index (κ2) is 14.4. The molecule has 208 valence electrons. The monoisotopic (exact) mass is 517 g/mol. The molecule has 8 heteroatoms. The molecule has 3 N–H and O–H groups in total. The fourth-order valence-corrected chi connectivity index (χ4v) is 4.73. The van der Waals surface area contributed by atoms with E-state index in [1.54, 1.807) is 25.7 Å². The van der Waals surface area contributed by atoms with Crippen LogP contribution in [0, 0.1) is 5.92 Å². The first-order chi connectivity index (χ1) is 17.4. The van der Waals surface area contributed by atoms with E-state index in [2.05, 4.69) is 24.5 Å². The quantitative estimate of drug-likeness (QED) is 0.394. The Kier molecular flexibility index (Phi) is 11.9. The van der Waals surface area contributed by atoms with Gasteiger partial charge in [-0.15, -0.1) is 0 Å². The first-order valence-corrected chi connectivity index (χ1v) is 13.7. The maximum Gasteiger partial charge on any atom is 0.408 e. The number of hydrogen-bond acceptors (Lipinski definition) is 5. The highest BCUT2D eigenvalue weighted by Crippen LogP contribution is 2.28. The van der Waals surface area contributed by atoms with Crippen molar-refractivity contribution in [1.82, 2.24) is 15.5 Å². The molecule has 8 nitrogen and oxygen atoms in total. The number of carbonyl (C=O) groups is 3. The summed E-state index contributed by atoms with van der Waals surface area (Å²) in [6.07, 6.45) is 5.89. The van der Waals surface area contributed by atoms with Crippen LogP contribution >= 0.6 is 0 Å². The second-order valence-electron chi connectivity index (χ2n) is 11.6. The zero-order valence-corrected chi connectivity index (χ0v) is 23.5. The lowest BCUT2D eigenvalue weighted by Gasteiger charge is -2.39. The van der Waals surface area contributed by atoms with Gasteiger partial charge >= 0.3 is 6.09 Å². The van der Waals surface area contributed by atoms with Crippen LogP contribution in [-0.2, 0) is 14.3 Å². The summed E-state index contributed by atoms with van der Waals surface area (Å²) in [5.41, 5.74) is -0.0707. The van der Waals surface area contributed by atoms with E-state index in [1.165, 1.54) is 6.42 Å². The highest BCUT2D eigenvalue weighted by atomic mass is 16.6. The Morgan fingerprint density at radius 3 is 2.19 bits per heavy atom. The smallest absolute Gasteiger partial charge is 0.408 e. The summed E-state index contributed by atoms with van der Waals surface area (Å²) < 4.78 is 5.32. The molecule has 3 unspecified atom stereocenters. The minimum atomic E-state index is -1.25. The fourth-order valence-electron chi connectivity index (χ4n) is 4.73. The molecule has 3 amide bonds. The van der Waals surface area contributed by atoms with Crippen LogP contribution in [0.2, 0.25) is 0 Å². The van der Waals surface area contributed by atoms with Gasteiger partial charge in [0, 0.05) is 12.1 Å². The molecule has 0 saturated heterocycles. The lowest BCUT2D eigenvalue weighted by atomic mass is 9.94. The van der Waals surface area contributed by atoms with Crippen LogP contribution in [0.5, 0.6) is 0 Å². The number of ether oxygens (including phenoxy) is 1. The minimum Gasteiger partial charge on any atom is -0.444 e. The number of aliphatic hydroxyl groups is 1. The molecule has 0 radical (unpaired) electrons. The van der Waals surface area contributed by atoms with E-state index in [0.29, 0.717) is 17.9 Å². The van der Waals surface area contributed by atoms with Crippen molar-refractivity contribution in [3.8, 4) is 0 Å². The van der Waals surface area contributed by atoms with Crippen LogP contribution in [0.15, 0.2) is 30.3 Å². The summed E-state index contributed by atoms with van der Waals surface area (Å²) >= 11 is 0. The predicted molar refractivity (Wildman–Crippen MR) is 145 cm³/mol. The zero-order chi connectivity index (χ0) is 27.6. The van der Waals surface area contributed by atoms with Crippen molar-refractivity contribution in [3.05, 3.63) is 35.9 Å². The van der Waals surface area contributed by atoms with Gasteiger partial charge in [0.25, 0.3) is 0 Å². The third-order valence-electron chi connectivity index (χ3n) is 6.66. The topological polar surface area (TPSA) is 108 Å². The fraction of sp³-hybridized carbons (Fsp3) is 0.690. The first-order valence-electron chi connectivity index (χ1n) is 13.7. The Labute approximate surface area is 222 Å². The van der Waals surface area contributed by atoms with Crippen LogP contribution in [0.25, 0.3) is 0 Å². The van der Waals surface area contributed by atoms with Gasteiger partial charge in [-0.1, -0.05) is 63.4 Å². The molecular formula is C29H47N3O5. The van der Waals surface area contributed by atoms with Crippen LogP contribution in [0.1, 0.15) is 98.1 Å². The molecule has 1 aromatic carbocycles. The van der Waals surface area contributed by atoms with Crippen molar-refractivity contribution < 1.29 is 24.2 Å². The Hall–Kier alpha value is -2.61. The molecule has 1 aliphatic carbocycles. The third kappa shape index (κ3) is 9.99. The van der Waals surface area contributed by atoms with Crippen molar-refractivity contribution in [3.63, 3.8) is 0 Å². The van der Waals surface area contributed by atoms with Crippen LogP contribution < -0.4 is 10.6 Å². The molecule has 0 aromatic heterocycles. The van der Waals surface area contributed by atoms with Gasteiger partial charge in [0.2, 0.25) is 11.8 Å². The SMILES string of the molecule is CC(C)CCC(C)N(C(=O)C(CO)NC(=O)OC(C)(C)C)C(C(=O)NC1CCCCC1)c1ccccc1.